The standard InChI is InChI=1S/C16H15FN2OS/c17-11-5-7-12(8-6-11)18-16(20)19-14-9-10-21-15-4-2-1-3-13(14)15/h1-8,14H,9-10H2,(H2,18,19,20)/t14-/m0/s1. The first-order valence-corrected chi connectivity index (χ1v) is 7.76. The third-order valence-corrected chi connectivity index (χ3v) is 4.49. The number of amides is 2. The molecule has 0 radical (unpaired) electrons. The van der Waals surface area contributed by atoms with Crippen molar-refractivity contribution in [3.05, 3.63) is 59.9 Å². The van der Waals surface area contributed by atoms with E-state index in [9.17, 15) is 9.18 Å². The predicted octanol–water partition coefficient (Wildman–Crippen LogP) is 4.18. The van der Waals surface area contributed by atoms with Gasteiger partial charge in [0.05, 0.1) is 6.04 Å². The zero-order valence-corrected chi connectivity index (χ0v) is 12.1. The number of rotatable bonds is 2. The van der Waals surface area contributed by atoms with Crippen LogP contribution in [-0.4, -0.2) is 11.8 Å². The fourth-order valence-electron chi connectivity index (χ4n) is 2.35. The predicted molar refractivity (Wildman–Crippen MR) is 83.1 cm³/mol. The van der Waals surface area contributed by atoms with E-state index in [1.165, 1.54) is 17.0 Å². The minimum absolute atomic E-state index is 0.0166. The molecule has 1 atom stereocenters. The van der Waals surface area contributed by atoms with Crippen LogP contribution in [0.1, 0.15) is 18.0 Å². The van der Waals surface area contributed by atoms with Crippen molar-refractivity contribution in [3.63, 3.8) is 0 Å². The lowest BCUT2D eigenvalue weighted by Gasteiger charge is -2.25. The first-order valence-electron chi connectivity index (χ1n) is 6.77. The van der Waals surface area contributed by atoms with E-state index < -0.39 is 0 Å². The van der Waals surface area contributed by atoms with Gasteiger partial charge in [-0.25, -0.2) is 9.18 Å². The average Bonchev–Trinajstić information content (AvgIpc) is 2.50. The molecule has 0 unspecified atom stereocenters. The van der Waals surface area contributed by atoms with E-state index in [0.29, 0.717) is 5.69 Å². The van der Waals surface area contributed by atoms with E-state index in [0.717, 1.165) is 17.7 Å². The van der Waals surface area contributed by atoms with Crippen molar-refractivity contribution < 1.29 is 9.18 Å². The number of carbonyl (C=O) groups excluding carboxylic acids is 1. The Morgan fingerprint density at radius 2 is 1.90 bits per heavy atom. The van der Waals surface area contributed by atoms with Crippen LogP contribution in [0.4, 0.5) is 14.9 Å². The highest BCUT2D eigenvalue weighted by Gasteiger charge is 2.21. The van der Waals surface area contributed by atoms with Crippen molar-refractivity contribution in [1.29, 1.82) is 0 Å². The molecule has 2 aromatic rings. The SMILES string of the molecule is O=C(Nc1ccc(F)cc1)N[C@H]1CCSc2ccccc21. The van der Waals surface area contributed by atoms with Gasteiger partial charge in [-0.1, -0.05) is 18.2 Å². The van der Waals surface area contributed by atoms with Crippen LogP contribution in [0, 0.1) is 5.82 Å². The van der Waals surface area contributed by atoms with Crippen LogP contribution in [0.15, 0.2) is 53.4 Å². The molecule has 21 heavy (non-hydrogen) atoms. The maximum absolute atomic E-state index is 12.8. The van der Waals surface area contributed by atoms with Gasteiger partial charge in [-0.15, -0.1) is 11.8 Å². The fourth-order valence-corrected chi connectivity index (χ4v) is 3.48. The molecule has 0 aliphatic carbocycles. The topological polar surface area (TPSA) is 41.1 Å². The lowest BCUT2D eigenvalue weighted by molar-refractivity contribution is 0.248. The maximum atomic E-state index is 12.8. The molecule has 0 bridgehead atoms. The largest absolute Gasteiger partial charge is 0.331 e. The molecule has 0 spiro atoms. The molecule has 1 aliphatic rings. The van der Waals surface area contributed by atoms with Crippen molar-refractivity contribution >= 4 is 23.5 Å². The molecule has 0 saturated heterocycles. The van der Waals surface area contributed by atoms with E-state index >= 15 is 0 Å². The number of benzene rings is 2. The number of fused-ring (bicyclic) bond motifs is 1. The third-order valence-electron chi connectivity index (χ3n) is 3.37. The van der Waals surface area contributed by atoms with Crippen molar-refractivity contribution in [3.8, 4) is 0 Å². The first-order chi connectivity index (χ1) is 10.2. The zero-order valence-electron chi connectivity index (χ0n) is 11.3. The Kier molecular flexibility index (Phi) is 4.10. The molecule has 0 fully saturated rings. The smallest absolute Gasteiger partial charge is 0.319 e. The van der Waals surface area contributed by atoms with Crippen molar-refractivity contribution in [1.82, 2.24) is 5.32 Å². The van der Waals surface area contributed by atoms with Gasteiger partial charge in [0.2, 0.25) is 0 Å². The van der Waals surface area contributed by atoms with Crippen LogP contribution < -0.4 is 10.6 Å². The molecule has 1 heterocycles. The zero-order chi connectivity index (χ0) is 14.7. The summed E-state index contributed by atoms with van der Waals surface area (Å²) in [5.41, 5.74) is 1.73. The average molecular weight is 302 g/mol. The number of nitrogens with one attached hydrogen (secondary N) is 2. The fraction of sp³-hybridized carbons (Fsp3) is 0.188. The van der Waals surface area contributed by atoms with Crippen LogP contribution in [0.25, 0.3) is 0 Å². The highest BCUT2D eigenvalue weighted by atomic mass is 32.2. The summed E-state index contributed by atoms with van der Waals surface area (Å²) in [5.74, 6) is 0.664. The molecule has 2 aromatic carbocycles. The van der Waals surface area contributed by atoms with Crippen LogP contribution >= 0.6 is 11.8 Å². The molecule has 108 valence electrons. The van der Waals surface area contributed by atoms with E-state index in [4.69, 9.17) is 0 Å². The van der Waals surface area contributed by atoms with Crippen molar-refractivity contribution in [2.75, 3.05) is 11.1 Å². The lowest BCUT2D eigenvalue weighted by Crippen LogP contribution is -2.34. The maximum Gasteiger partial charge on any atom is 0.319 e. The van der Waals surface area contributed by atoms with E-state index in [1.807, 2.05) is 30.0 Å². The number of thioether (sulfide) groups is 1. The van der Waals surface area contributed by atoms with Crippen LogP contribution in [0.3, 0.4) is 0 Å². The monoisotopic (exact) mass is 302 g/mol. The summed E-state index contributed by atoms with van der Waals surface area (Å²) in [6.45, 7) is 0. The second-order valence-corrected chi connectivity index (χ2v) is 5.97. The number of halogens is 1. The Labute approximate surface area is 126 Å². The lowest BCUT2D eigenvalue weighted by atomic mass is 10.0. The molecule has 5 heteroatoms. The number of urea groups is 1. The quantitative estimate of drug-likeness (QED) is 0.873. The Morgan fingerprint density at radius 3 is 2.71 bits per heavy atom. The summed E-state index contributed by atoms with van der Waals surface area (Å²) >= 11 is 1.81. The van der Waals surface area contributed by atoms with E-state index in [1.54, 1.807) is 12.1 Å². The Morgan fingerprint density at radius 1 is 1.14 bits per heavy atom. The van der Waals surface area contributed by atoms with Gasteiger partial charge in [0.15, 0.2) is 0 Å². The molecule has 0 aromatic heterocycles. The second kappa shape index (κ2) is 6.18. The van der Waals surface area contributed by atoms with Gasteiger partial charge in [0.1, 0.15) is 5.82 Å². The highest BCUT2D eigenvalue weighted by Crippen LogP contribution is 2.35. The van der Waals surface area contributed by atoms with E-state index in [-0.39, 0.29) is 17.9 Å². The molecular weight excluding hydrogens is 287 g/mol. The Hall–Kier alpha value is -2.01. The Balaban J connectivity index is 1.67. The number of anilines is 1. The number of hydrogen-bond donors (Lipinski definition) is 2. The molecule has 3 rings (SSSR count). The van der Waals surface area contributed by atoms with Gasteiger partial charge >= 0.3 is 6.03 Å². The normalized spacial score (nSPS) is 16.9. The third kappa shape index (κ3) is 3.36. The minimum Gasteiger partial charge on any atom is -0.331 e. The van der Waals surface area contributed by atoms with Gasteiger partial charge in [-0.05, 0) is 42.3 Å². The summed E-state index contributed by atoms with van der Waals surface area (Å²) in [5, 5.41) is 5.70. The molecule has 2 amide bonds. The van der Waals surface area contributed by atoms with Crippen LogP contribution in [-0.2, 0) is 0 Å². The summed E-state index contributed by atoms with van der Waals surface area (Å²) in [4.78, 5) is 13.3. The van der Waals surface area contributed by atoms with Gasteiger partial charge < -0.3 is 10.6 Å². The van der Waals surface area contributed by atoms with Crippen molar-refractivity contribution in [2.24, 2.45) is 0 Å². The van der Waals surface area contributed by atoms with Gasteiger partial charge in [-0.2, -0.15) is 0 Å². The second-order valence-electron chi connectivity index (χ2n) is 4.83. The van der Waals surface area contributed by atoms with Crippen molar-refractivity contribution in [2.45, 2.75) is 17.4 Å². The molecule has 0 saturated carbocycles. The molecule has 1 aliphatic heterocycles. The molecule has 2 N–H and O–H groups in total. The van der Waals surface area contributed by atoms with E-state index in [2.05, 4.69) is 16.7 Å². The number of hydrogen-bond acceptors (Lipinski definition) is 2. The number of carbonyl (C=O) groups is 1. The highest BCUT2D eigenvalue weighted by molar-refractivity contribution is 7.99. The minimum atomic E-state index is -0.320. The first kappa shape index (κ1) is 13.9. The summed E-state index contributed by atoms with van der Waals surface area (Å²) in [6.07, 6.45) is 0.901. The van der Waals surface area contributed by atoms with Gasteiger partial charge in [0.25, 0.3) is 0 Å². The van der Waals surface area contributed by atoms with Crippen LogP contribution in [0.2, 0.25) is 0 Å². The Bertz CT molecular complexity index is 645. The molecular formula is C16H15FN2OS. The summed E-state index contributed by atoms with van der Waals surface area (Å²) < 4.78 is 12.8. The van der Waals surface area contributed by atoms with Gasteiger partial charge in [0, 0.05) is 16.3 Å². The molecule has 3 nitrogen and oxygen atoms in total. The van der Waals surface area contributed by atoms with Gasteiger partial charge in [-0.3, -0.25) is 0 Å². The summed E-state index contributed by atoms with van der Waals surface area (Å²) in [7, 11) is 0. The summed E-state index contributed by atoms with van der Waals surface area (Å²) in [6, 6.07) is 13.6. The van der Waals surface area contributed by atoms with Crippen LogP contribution in [0.5, 0.6) is 0 Å².